The van der Waals surface area contributed by atoms with E-state index in [1.165, 1.54) is 0 Å². The second-order valence-electron chi connectivity index (χ2n) is 5.29. The average Bonchev–Trinajstić information content (AvgIpc) is 2.62. The molecule has 1 aliphatic carbocycles. The summed E-state index contributed by atoms with van der Waals surface area (Å²) < 4.78 is 31.8. The Labute approximate surface area is 102 Å². The molecule has 1 saturated heterocycles. The minimum Gasteiger partial charge on any atom is -0.381 e. The lowest BCUT2D eigenvalue weighted by Crippen LogP contribution is -2.15. The molecule has 0 amide bonds. The fourth-order valence-electron chi connectivity index (χ4n) is 2.28. The van der Waals surface area contributed by atoms with E-state index in [1.807, 2.05) is 0 Å². The first-order chi connectivity index (χ1) is 6.96. The molecule has 1 saturated carbocycles. The lowest BCUT2D eigenvalue weighted by atomic mass is 10.1. The monoisotopic (exact) mass is 255 g/mol. The first-order valence-electron chi connectivity index (χ1n) is 5.62. The standard InChI is InChI=1S/C11H19F2NO.ClH/c1-10(2)9(11(10,12)13)7-15-6-8-3-4-14-5-8;/h8-9,14H,3-7H2,1-2H3;1H. The Balaban J connectivity index is 0.00000128. The number of rotatable bonds is 4. The maximum absolute atomic E-state index is 13.2. The van der Waals surface area contributed by atoms with Gasteiger partial charge in [-0.15, -0.1) is 12.4 Å². The van der Waals surface area contributed by atoms with Crippen molar-refractivity contribution in [3.8, 4) is 0 Å². The van der Waals surface area contributed by atoms with Gasteiger partial charge in [-0.1, -0.05) is 13.8 Å². The first-order valence-corrected chi connectivity index (χ1v) is 5.62. The highest BCUT2D eigenvalue weighted by Crippen LogP contribution is 2.65. The molecular formula is C11H20ClF2NO. The highest BCUT2D eigenvalue weighted by atomic mass is 35.5. The maximum atomic E-state index is 13.2. The smallest absolute Gasteiger partial charge is 0.259 e. The third kappa shape index (κ3) is 2.34. The summed E-state index contributed by atoms with van der Waals surface area (Å²) in [4.78, 5) is 0. The van der Waals surface area contributed by atoms with Crippen LogP contribution in [0.2, 0.25) is 0 Å². The second kappa shape index (κ2) is 4.75. The number of halogens is 3. The predicted molar refractivity (Wildman–Crippen MR) is 61.3 cm³/mol. The van der Waals surface area contributed by atoms with E-state index in [9.17, 15) is 8.78 Å². The number of hydrogen-bond donors (Lipinski definition) is 1. The van der Waals surface area contributed by atoms with Gasteiger partial charge in [0.05, 0.1) is 19.1 Å². The molecule has 2 fully saturated rings. The molecule has 2 rings (SSSR count). The second-order valence-corrected chi connectivity index (χ2v) is 5.29. The van der Waals surface area contributed by atoms with Gasteiger partial charge in [0, 0.05) is 12.0 Å². The molecule has 2 nitrogen and oxygen atoms in total. The summed E-state index contributed by atoms with van der Waals surface area (Å²) in [5.41, 5.74) is -0.860. The van der Waals surface area contributed by atoms with Gasteiger partial charge in [0.2, 0.25) is 0 Å². The summed E-state index contributed by atoms with van der Waals surface area (Å²) in [5.74, 6) is -2.60. The van der Waals surface area contributed by atoms with E-state index >= 15 is 0 Å². The van der Waals surface area contributed by atoms with Crippen molar-refractivity contribution in [1.82, 2.24) is 5.32 Å². The summed E-state index contributed by atoms with van der Waals surface area (Å²) in [5, 5.41) is 3.23. The summed E-state index contributed by atoms with van der Waals surface area (Å²) in [6.45, 7) is 6.03. The van der Waals surface area contributed by atoms with E-state index in [0.717, 1.165) is 19.5 Å². The zero-order chi connectivity index (χ0) is 11.1. The quantitative estimate of drug-likeness (QED) is 0.833. The fourth-order valence-corrected chi connectivity index (χ4v) is 2.28. The SMILES string of the molecule is CC1(C)C(COCC2CCNC2)C1(F)F.Cl. The van der Waals surface area contributed by atoms with Crippen LogP contribution in [0.1, 0.15) is 20.3 Å². The average molecular weight is 256 g/mol. The van der Waals surface area contributed by atoms with E-state index in [0.29, 0.717) is 12.5 Å². The van der Waals surface area contributed by atoms with Crippen LogP contribution in [0.25, 0.3) is 0 Å². The number of nitrogens with one attached hydrogen (secondary N) is 1. The molecule has 1 aliphatic heterocycles. The van der Waals surface area contributed by atoms with Crippen LogP contribution in [0.15, 0.2) is 0 Å². The van der Waals surface area contributed by atoms with Crippen molar-refractivity contribution >= 4 is 12.4 Å². The van der Waals surface area contributed by atoms with Gasteiger partial charge in [0.25, 0.3) is 5.92 Å². The molecule has 0 aromatic heterocycles. The molecule has 1 heterocycles. The minimum absolute atomic E-state index is 0. The van der Waals surface area contributed by atoms with Crippen molar-refractivity contribution in [3.63, 3.8) is 0 Å². The van der Waals surface area contributed by atoms with Crippen molar-refractivity contribution in [2.75, 3.05) is 26.3 Å². The Kier molecular flexibility index (Phi) is 4.19. The molecule has 0 bridgehead atoms. The molecule has 2 aliphatic rings. The van der Waals surface area contributed by atoms with Crippen molar-refractivity contribution in [1.29, 1.82) is 0 Å². The molecular weight excluding hydrogens is 236 g/mol. The van der Waals surface area contributed by atoms with Gasteiger partial charge in [-0.2, -0.15) is 0 Å². The van der Waals surface area contributed by atoms with E-state index in [-0.39, 0.29) is 19.0 Å². The van der Waals surface area contributed by atoms with Crippen LogP contribution in [0.4, 0.5) is 8.78 Å². The van der Waals surface area contributed by atoms with Crippen LogP contribution < -0.4 is 5.32 Å². The summed E-state index contributed by atoms with van der Waals surface area (Å²) in [6, 6.07) is 0. The molecule has 2 atom stereocenters. The Morgan fingerprint density at radius 1 is 1.31 bits per heavy atom. The lowest BCUT2D eigenvalue weighted by Gasteiger charge is -2.08. The number of alkyl halides is 2. The van der Waals surface area contributed by atoms with Gasteiger partial charge in [-0.25, -0.2) is 8.78 Å². The van der Waals surface area contributed by atoms with Gasteiger partial charge in [0.1, 0.15) is 0 Å². The minimum atomic E-state index is -2.53. The topological polar surface area (TPSA) is 21.3 Å². The summed E-state index contributed by atoms with van der Waals surface area (Å²) >= 11 is 0. The maximum Gasteiger partial charge on any atom is 0.259 e. The normalized spacial score (nSPS) is 34.5. The van der Waals surface area contributed by atoms with E-state index in [2.05, 4.69) is 5.32 Å². The Hall–Kier alpha value is 0.0700. The predicted octanol–water partition coefficient (Wildman–Crippen LogP) is 2.33. The van der Waals surface area contributed by atoms with Gasteiger partial charge >= 0.3 is 0 Å². The van der Waals surface area contributed by atoms with Crippen molar-refractivity contribution < 1.29 is 13.5 Å². The first kappa shape index (κ1) is 14.1. The Bertz CT molecular complexity index is 228. The van der Waals surface area contributed by atoms with Crippen LogP contribution in [0.5, 0.6) is 0 Å². The molecule has 0 aromatic rings. The zero-order valence-electron chi connectivity index (χ0n) is 9.76. The van der Waals surface area contributed by atoms with Crippen molar-refractivity contribution in [2.24, 2.45) is 17.3 Å². The largest absolute Gasteiger partial charge is 0.381 e. The molecule has 0 radical (unpaired) electrons. The van der Waals surface area contributed by atoms with Crippen LogP contribution in [0, 0.1) is 17.3 Å². The van der Waals surface area contributed by atoms with Gasteiger partial charge in [-0.05, 0) is 18.9 Å². The number of hydrogen-bond acceptors (Lipinski definition) is 2. The van der Waals surface area contributed by atoms with E-state index < -0.39 is 17.3 Å². The molecule has 16 heavy (non-hydrogen) atoms. The summed E-state index contributed by atoms with van der Waals surface area (Å²) in [6.07, 6.45) is 1.10. The number of ether oxygens (including phenoxy) is 1. The highest BCUT2D eigenvalue weighted by molar-refractivity contribution is 5.85. The Morgan fingerprint density at radius 3 is 2.38 bits per heavy atom. The molecule has 5 heteroatoms. The third-order valence-corrected chi connectivity index (χ3v) is 3.88. The molecule has 96 valence electrons. The van der Waals surface area contributed by atoms with E-state index in [1.54, 1.807) is 13.8 Å². The van der Waals surface area contributed by atoms with Gasteiger partial charge < -0.3 is 10.1 Å². The molecule has 1 N–H and O–H groups in total. The van der Waals surface area contributed by atoms with Gasteiger partial charge in [0.15, 0.2) is 0 Å². The van der Waals surface area contributed by atoms with Crippen LogP contribution in [-0.4, -0.2) is 32.2 Å². The van der Waals surface area contributed by atoms with Gasteiger partial charge in [-0.3, -0.25) is 0 Å². The fraction of sp³-hybridized carbons (Fsp3) is 1.00. The third-order valence-electron chi connectivity index (χ3n) is 3.88. The highest BCUT2D eigenvalue weighted by Gasteiger charge is 2.74. The zero-order valence-corrected chi connectivity index (χ0v) is 10.6. The van der Waals surface area contributed by atoms with Crippen LogP contribution in [-0.2, 0) is 4.74 Å². The van der Waals surface area contributed by atoms with E-state index in [4.69, 9.17) is 4.74 Å². The van der Waals surface area contributed by atoms with Crippen molar-refractivity contribution in [3.05, 3.63) is 0 Å². The van der Waals surface area contributed by atoms with Crippen LogP contribution >= 0.6 is 12.4 Å². The lowest BCUT2D eigenvalue weighted by molar-refractivity contribution is 0.0384. The Morgan fingerprint density at radius 2 is 1.94 bits per heavy atom. The molecule has 0 spiro atoms. The molecule has 2 unspecified atom stereocenters. The van der Waals surface area contributed by atoms with Crippen molar-refractivity contribution in [2.45, 2.75) is 26.2 Å². The molecule has 0 aromatic carbocycles. The van der Waals surface area contributed by atoms with Crippen LogP contribution in [0.3, 0.4) is 0 Å². The summed E-state index contributed by atoms with van der Waals surface area (Å²) in [7, 11) is 0.